The third-order valence-corrected chi connectivity index (χ3v) is 5.11. The van der Waals surface area contributed by atoms with Crippen LogP contribution < -0.4 is 9.80 Å². The average Bonchev–Trinajstić information content (AvgIpc) is 2.62. The van der Waals surface area contributed by atoms with E-state index < -0.39 is 0 Å². The van der Waals surface area contributed by atoms with Crippen LogP contribution in [0.2, 0.25) is 0 Å². The van der Waals surface area contributed by atoms with Crippen LogP contribution in [0.1, 0.15) is 44.6 Å². The zero-order valence-corrected chi connectivity index (χ0v) is 14.9. The molecule has 3 fully saturated rings. The number of anilines is 2. The van der Waals surface area contributed by atoms with Crippen LogP contribution >= 0.6 is 0 Å². The summed E-state index contributed by atoms with van der Waals surface area (Å²) in [7, 11) is 0. The zero-order chi connectivity index (χ0) is 17.6. The van der Waals surface area contributed by atoms with Gasteiger partial charge in [0.2, 0.25) is 0 Å². The molecule has 3 aliphatic heterocycles. The molecule has 7 heteroatoms. The predicted molar refractivity (Wildman–Crippen MR) is 94.4 cm³/mol. The average molecular weight is 342 g/mol. The topological polar surface area (TPSA) is 58.0 Å². The fourth-order valence-electron chi connectivity index (χ4n) is 3.81. The summed E-state index contributed by atoms with van der Waals surface area (Å²) in [4.78, 5) is 21.7. The van der Waals surface area contributed by atoms with Gasteiger partial charge in [0, 0.05) is 25.2 Å². The SMILES string of the molecule is CCc1ncnc(N2CC3CC(C2)N3c2ccnc(C(C)C)n2)c1F. The molecule has 3 aliphatic rings. The number of rotatable bonds is 4. The van der Waals surface area contributed by atoms with E-state index in [1.54, 1.807) is 0 Å². The lowest BCUT2D eigenvalue weighted by molar-refractivity contribution is 0.285. The van der Waals surface area contributed by atoms with Crippen LogP contribution in [0.25, 0.3) is 0 Å². The lowest BCUT2D eigenvalue weighted by Crippen LogP contribution is -2.69. The van der Waals surface area contributed by atoms with Gasteiger partial charge >= 0.3 is 0 Å². The molecule has 0 amide bonds. The Hall–Kier alpha value is -2.31. The number of hydrogen-bond acceptors (Lipinski definition) is 6. The third kappa shape index (κ3) is 2.71. The third-order valence-electron chi connectivity index (χ3n) is 5.11. The molecule has 6 nitrogen and oxygen atoms in total. The number of nitrogens with zero attached hydrogens (tertiary/aromatic N) is 6. The summed E-state index contributed by atoms with van der Waals surface area (Å²) in [5, 5.41) is 0. The van der Waals surface area contributed by atoms with Gasteiger partial charge in [-0.1, -0.05) is 20.8 Å². The lowest BCUT2D eigenvalue weighted by atomic mass is 9.87. The molecule has 0 aliphatic carbocycles. The number of aromatic nitrogens is 4. The second-order valence-electron chi connectivity index (χ2n) is 7.09. The molecule has 0 aromatic carbocycles. The Balaban J connectivity index is 1.54. The first kappa shape index (κ1) is 16.2. The molecule has 132 valence electrons. The van der Waals surface area contributed by atoms with Crippen molar-refractivity contribution in [2.75, 3.05) is 22.9 Å². The van der Waals surface area contributed by atoms with Crippen LogP contribution in [0.15, 0.2) is 18.6 Å². The highest BCUT2D eigenvalue weighted by Gasteiger charge is 2.46. The molecule has 3 saturated heterocycles. The number of hydrogen-bond donors (Lipinski definition) is 0. The zero-order valence-electron chi connectivity index (χ0n) is 14.9. The van der Waals surface area contributed by atoms with Crippen LogP contribution in [0.3, 0.4) is 0 Å². The summed E-state index contributed by atoms with van der Waals surface area (Å²) in [5.41, 5.74) is 0.485. The monoisotopic (exact) mass is 342 g/mol. The van der Waals surface area contributed by atoms with Crippen molar-refractivity contribution in [3.05, 3.63) is 35.9 Å². The fraction of sp³-hybridized carbons (Fsp3) is 0.556. The number of aryl methyl sites for hydroxylation is 1. The van der Waals surface area contributed by atoms with Gasteiger partial charge in [0.05, 0.1) is 17.8 Å². The molecule has 0 saturated carbocycles. The van der Waals surface area contributed by atoms with Crippen LogP contribution in [0.5, 0.6) is 0 Å². The number of halogens is 1. The van der Waals surface area contributed by atoms with Crippen LogP contribution in [-0.2, 0) is 6.42 Å². The molecular weight excluding hydrogens is 319 g/mol. The molecule has 25 heavy (non-hydrogen) atoms. The van der Waals surface area contributed by atoms with Crippen molar-refractivity contribution in [3.8, 4) is 0 Å². The minimum Gasteiger partial charge on any atom is -0.350 e. The van der Waals surface area contributed by atoms with Gasteiger partial charge in [-0.05, 0) is 18.9 Å². The first-order valence-corrected chi connectivity index (χ1v) is 8.94. The van der Waals surface area contributed by atoms with Gasteiger partial charge in [-0.2, -0.15) is 0 Å². The summed E-state index contributed by atoms with van der Waals surface area (Å²) < 4.78 is 14.6. The first-order valence-electron chi connectivity index (χ1n) is 8.94. The predicted octanol–water partition coefficient (Wildman–Crippen LogP) is 2.56. The smallest absolute Gasteiger partial charge is 0.187 e. The minimum absolute atomic E-state index is 0.276. The van der Waals surface area contributed by atoms with Gasteiger partial charge in [-0.3, -0.25) is 0 Å². The van der Waals surface area contributed by atoms with E-state index >= 15 is 0 Å². The van der Waals surface area contributed by atoms with Gasteiger partial charge in [0.25, 0.3) is 0 Å². The summed E-state index contributed by atoms with van der Waals surface area (Å²) in [5.74, 6) is 2.32. The van der Waals surface area contributed by atoms with E-state index in [9.17, 15) is 4.39 Å². The highest BCUT2D eigenvalue weighted by molar-refractivity contribution is 5.52. The summed E-state index contributed by atoms with van der Waals surface area (Å²) in [6.45, 7) is 7.62. The Kier molecular flexibility index (Phi) is 4.01. The van der Waals surface area contributed by atoms with Crippen molar-refractivity contribution in [1.29, 1.82) is 0 Å². The van der Waals surface area contributed by atoms with Crippen LogP contribution in [0.4, 0.5) is 16.0 Å². The molecule has 2 aromatic rings. The van der Waals surface area contributed by atoms with Gasteiger partial charge in [0.15, 0.2) is 11.6 Å². The van der Waals surface area contributed by atoms with E-state index in [2.05, 4.69) is 38.6 Å². The Bertz CT molecular complexity index is 768. The molecule has 0 radical (unpaired) electrons. The van der Waals surface area contributed by atoms with Crippen molar-refractivity contribution in [2.24, 2.45) is 0 Å². The molecule has 5 rings (SSSR count). The lowest BCUT2D eigenvalue weighted by Gasteiger charge is -2.57. The van der Waals surface area contributed by atoms with E-state index in [-0.39, 0.29) is 5.82 Å². The summed E-state index contributed by atoms with van der Waals surface area (Å²) >= 11 is 0. The van der Waals surface area contributed by atoms with Crippen LogP contribution in [-0.4, -0.2) is 45.1 Å². The van der Waals surface area contributed by atoms with Gasteiger partial charge in [-0.15, -0.1) is 0 Å². The maximum atomic E-state index is 14.6. The Labute approximate surface area is 147 Å². The molecule has 2 aromatic heterocycles. The molecular formula is C18H23FN6. The normalized spacial score (nSPS) is 22.3. The number of fused-ring (bicyclic) bond motifs is 2. The van der Waals surface area contributed by atoms with Gasteiger partial charge < -0.3 is 9.80 Å². The molecule has 0 spiro atoms. The Morgan fingerprint density at radius 2 is 1.96 bits per heavy atom. The Morgan fingerprint density at radius 3 is 2.64 bits per heavy atom. The summed E-state index contributed by atoms with van der Waals surface area (Å²) in [6, 6.07) is 2.66. The van der Waals surface area contributed by atoms with Crippen LogP contribution in [0, 0.1) is 5.82 Å². The standard InChI is InChI=1S/C18H23FN6/c1-4-14-16(19)18(22-10-21-14)24-8-12-7-13(9-24)25(12)15-5-6-20-17(23-15)11(2)3/h5-6,10-13H,4,7-9H2,1-3H3. The molecule has 0 N–H and O–H groups in total. The second kappa shape index (κ2) is 6.20. The van der Waals surface area contributed by atoms with Crippen molar-refractivity contribution in [2.45, 2.75) is 51.6 Å². The quantitative estimate of drug-likeness (QED) is 0.851. The van der Waals surface area contributed by atoms with Crippen molar-refractivity contribution < 1.29 is 4.39 Å². The minimum atomic E-state index is -0.276. The molecule has 5 heterocycles. The van der Waals surface area contributed by atoms with E-state index in [1.165, 1.54) is 6.33 Å². The molecule has 2 bridgehead atoms. The Morgan fingerprint density at radius 1 is 1.20 bits per heavy atom. The van der Waals surface area contributed by atoms with E-state index in [4.69, 9.17) is 4.98 Å². The number of piperidine rings is 1. The maximum absolute atomic E-state index is 14.6. The van der Waals surface area contributed by atoms with Crippen molar-refractivity contribution >= 4 is 11.6 Å². The van der Waals surface area contributed by atoms with E-state index in [0.717, 1.165) is 31.2 Å². The number of piperazine rings is 1. The summed E-state index contributed by atoms with van der Waals surface area (Å²) in [6.07, 6.45) is 4.99. The first-order chi connectivity index (χ1) is 12.1. The van der Waals surface area contributed by atoms with Gasteiger partial charge in [0.1, 0.15) is 18.0 Å². The second-order valence-corrected chi connectivity index (χ2v) is 7.09. The van der Waals surface area contributed by atoms with E-state index in [0.29, 0.717) is 35.9 Å². The molecule has 2 atom stereocenters. The highest BCUT2D eigenvalue weighted by Crippen LogP contribution is 2.38. The largest absolute Gasteiger partial charge is 0.350 e. The van der Waals surface area contributed by atoms with Gasteiger partial charge in [-0.25, -0.2) is 24.3 Å². The fourth-order valence-corrected chi connectivity index (χ4v) is 3.81. The van der Waals surface area contributed by atoms with E-state index in [1.807, 2.05) is 19.2 Å². The highest BCUT2D eigenvalue weighted by atomic mass is 19.1. The van der Waals surface area contributed by atoms with Crippen molar-refractivity contribution in [3.63, 3.8) is 0 Å². The van der Waals surface area contributed by atoms with Crippen molar-refractivity contribution in [1.82, 2.24) is 19.9 Å². The maximum Gasteiger partial charge on any atom is 0.187 e. The molecule has 2 unspecified atom stereocenters.